The fourth-order valence-electron chi connectivity index (χ4n) is 4.35. The molecule has 120 valence electrons. The number of ether oxygens (including phenoxy) is 1. The van der Waals surface area contributed by atoms with Gasteiger partial charge in [0.15, 0.2) is 0 Å². The zero-order chi connectivity index (χ0) is 15.3. The zero-order valence-electron chi connectivity index (χ0n) is 13.4. The molecule has 1 aromatic carbocycles. The second kappa shape index (κ2) is 5.10. The van der Waals surface area contributed by atoms with Gasteiger partial charge in [0.05, 0.1) is 6.20 Å². The molecule has 1 aromatic heterocycles. The molecule has 0 atom stereocenters. The average Bonchev–Trinajstić information content (AvgIpc) is 3.14. The van der Waals surface area contributed by atoms with Crippen LogP contribution in [0.2, 0.25) is 0 Å². The molecule has 1 aliphatic carbocycles. The summed E-state index contributed by atoms with van der Waals surface area (Å²) in [5, 5.41) is 6.94. The molecule has 23 heavy (non-hydrogen) atoms. The first-order valence-electron chi connectivity index (χ1n) is 8.87. The van der Waals surface area contributed by atoms with Crippen LogP contribution < -0.4 is 4.74 Å². The van der Waals surface area contributed by atoms with Crippen molar-refractivity contribution in [2.45, 2.75) is 50.2 Å². The lowest BCUT2D eigenvalue weighted by molar-refractivity contribution is -0.00746. The standard InChI is InChI=1S/C19H23N3O/c1-2-17(3-1)22-8-6-19(7-9-22)11-15-10-14(4-5-18(15)23-19)16-12-20-21-13-16/h4-5,10,12-13,17H,1-3,6-9,11H2,(H,20,21). The maximum atomic E-state index is 6.44. The minimum absolute atomic E-state index is 0.0532. The van der Waals surface area contributed by atoms with E-state index in [2.05, 4.69) is 33.3 Å². The Labute approximate surface area is 136 Å². The Morgan fingerprint density at radius 1 is 1.17 bits per heavy atom. The number of hydrogen-bond donors (Lipinski definition) is 1. The summed E-state index contributed by atoms with van der Waals surface area (Å²) in [6.45, 7) is 2.40. The third kappa shape index (κ3) is 2.27. The molecule has 1 saturated carbocycles. The van der Waals surface area contributed by atoms with Crippen LogP contribution in [0.5, 0.6) is 5.75 Å². The van der Waals surface area contributed by atoms with Crippen molar-refractivity contribution < 1.29 is 4.74 Å². The first-order valence-corrected chi connectivity index (χ1v) is 8.87. The number of nitrogens with one attached hydrogen (secondary N) is 1. The summed E-state index contributed by atoms with van der Waals surface area (Å²) in [4.78, 5) is 2.69. The molecule has 1 spiro atoms. The van der Waals surface area contributed by atoms with Crippen molar-refractivity contribution in [3.8, 4) is 16.9 Å². The maximum absolute atomic E-state index is 6.44. The van der Waals surface area contributed by atoms with Gasteiger partial charge in [-0.15, -0.1) is 0 Å². The SMILES string of the molecule is c1cc2c(cc1-c1cn[nH]c1)CC1(CCN(C3CCC3)CC1)O2. The molecule has 2 aliphatic heterocycles. The number of fused-ring (bicyclic) bond motifs is 1. The van der Waals surface area contributed by atoms with Gasteiger partial charge in [-0.3, -0.25) is 5.10 Å². The molecule has 2 aromatic rings. The summed E-state index contributed by atoms with van der Waals surface area (Å²) >= 11 is 0. The van der Waals surface area contributed by atoms with Crippen LogP contribution in [0.3, 0.4) is 0 Å². The monoisotopic (exact) mass is 309 g/mol. The number of nitrogens with zero attached hydrogens (tertiary/aromatic N) is 2. The predicted molar refractivity (Wildman–Crippen MR) is 89.5 cm³/mol. The van der Waals surface area contributed by atoms with Gasteiger partial charge in [-0.2, -0.15) is 5.10 Å². The molecule has 0 bridgehead atoms. The van der Waals surface area contributed by atoms with E-state index in [4.69, 9.17) is 4.74 Å². The van der Waals surface area contributed by atoms with Gasteiger partial charge < -0.3 is 9.64 Å². The molecular weight excluding hydrogens is 286 g/mol. The van der Waals surface area contributed by atoms with Gasteiger partial charge in [0.25, 0.3) is 0 Å². The Balaban J connectivity index is 1.33. The summed E-state index contributed by atoms with van der Waals surface area (Å²) in [6, 6.07) is 7.44. The molecule has 2 fully saturated rings. The molecule has 3 aliphatic rings. The van der Waals surface area contributed by atoms with E-state index in [0.717, 1.165) is 23.8 Å². The number of rotatable bonds is 2. The van der Waals surface area contributed by atoms with Crippen molar-refractivity contribution in [2.75, 3.05) is 13.1 Å². The fraction of sp³-hybridized carbons (Fsp3) is 0.526. The van der Waals surface area contributed by atoms with Crippen LogP contribution in [-0.4, -0.2) is 39.8 Å². The molecule has 3 heterocycles. The number of H-pyrrole nitrogens is 1. The third-order valence-electron chi connectivity index (χ3n) is 6.03. The highest BCUT2D eigenvalue weighted by Gasteiger charge is 2.43. The van der Waals surface area contributed by atoms with Crippen LogP contribution in [0.25, 0.3) is 11.1 Å². The van der Waals surface area contributed by atoms with E-state index in [1.54, 1.807) is 0 Å². The largest absolute Gasteiger partial charge is 0.487 e. The highest BCUT2D eigenvalue weighted by atomic mass is 16.5. The number of likely N-dealkylation sites (tertiary alicyclic amines) is 1. The van der Waals surface area contributed by atoms with Crippen LogP contribution in [-0.2, 0) is 6.42 Å². The number of hydrogen-bond acceptors (Lipinski definition) is 3. The quantitative estimate of drug-likeness (QED) is 0.924. The topological polar surface area (TPSA) is 41.2 Å². The molecular formula is C19H23N3O. The van der Waals surface area contributed by atoms with Crippen LogP contribution in [0, 0.1) is 0 Å². The summed E-state index contributed by atoms with van der Waals surface area (Å²) in [7, 11) is 0. The maximum Gasteiger partial charge on any atom is 0.123 e. The lowest BCUT2D eigenvalue weighted by atomic mass is 9.83. The molecule has 1 N–H and O–H groups in total. The first-order chi connectivity index (χ1) is 11.3. The minimum atomic E-state index is 0.0532. The Hall–Kier alpha value is -1.81. The molecule has 4 heteroatoms. The Bertz CT molecular complexity index is 697. The van der Waals surface area contributed by atoms with Crippen molar-refractivity contribution in [2.24, 2.45) is 0 Å². The minimum Gasteiger partial charge on any atom is -0.487 e. The number of benzene rings is 1. The Morgan fingerprint density at radius 3 is 2.74 bits per heavy atom. The van der Waals surface area contributed by atoms with E-state index < -0.39 is 0 Å². The van der Waals surface area contributed by atoms with Gasteiger partial charge in [0, 0.05) is 50.2 Å². The lowest BCUT2D eigenvalue weighted by Gasteiger charge is -2.45. The van der Waals surface area contributed by atoms with Gasteiger partial charge in [0.1, 0.15) is 11.4 Å². The van der Waals surface area contributed by atoms with Crippen LogP contribution in [0.1, 0.15) is 37.7 Å². The number of aromatic nitrogens is 2. The van der Waals surface area contributed by atoms with Gasteiger partial charge in [0.2, 0.25) is 0 Å². The zero-order valence-corrected chi connectivity index (χ0v) is 13.4. The van der Waals surface area contributed by atoms with Crippen molar-refractivity contribution in [3.05, 3.63) is 36.2 Å². The van der Waals surface area contributed by atoms with E-state index in [9.17, 15) is 0 Å². The Kier molecular flexibility index (Phi) is 3.02. The van der Waals surface area contributed by atoms with Crippen molar-refractivity contribution in [1.29, 1.82) is 0 Å². The fourth-order valence-corrected chi connectivity index (χ4v) is 4.35. The summed E-state index contributed by atoms with van der Waals surface area (Å²) in [5.41, 5.74) is 3.79. The first kappa shape index (κ1) is 13.6. The highest BCUT2D eigenvalue weighted by Crippen LogP contribution is 2.43. The predicted octanol–water partition coefficient (Wildman–Crippen LogP) is 3.40. The van der Waals surface area contributed by atoms with Gasteiger partial charge in [-0.1, -0.05) is 12.5 Å². The molecule has 0 amide bonds. The van der Waals surface area contributed by atoms with Crippen molar-refractivity contribution in [3.63, 3.8) is 0 Å². The normalized spacial score (nSPS) is 23.5. The third-order valence-corrected chi connectivity index (χ3v) is 6.03. The van der Waals surface area contributed by atoms with E-state index in [1.165, 1.54) is 56.3 Å². The number of aromatic amines is 1. The second-order valence-corrected chi connectivity index (χ2v) is 7.39. The smallest absolute Gasteiger partial charge is 0.123 e. The summed E-state index contributed by atoms with van der Waals surface area (Å²) in [6.07, 6.45) is 11.5. The summed E-state index contributed by atoms with van der Waals surface area (Å²) in [5.74, 6) is 1.09. The van der Waals surface area contributed by atoms with Gasteiger partial charge in [-0.25, -0.2) is 0 Å². The molecule has 4 nitrogen and oxygen atoms in total. The highest BCUT2D eigenvalue weighted by molar-refractivity contribution is 5.65. The lowest BCUT2D eigenvalue weighted by Crippen LogP contribution is -2.52. The molecule has 5 rings (SSSR count). The van der Waals surface area contributed by atoms with E-state index >= 15 is 0 Å². The van der Waals surface area contributed by atoms with Crippen LogP contribution >= 0.6 is 0 Å². The van der Waals surface area contributed by atoms with Crippen molar-refractivity contribution in [1.82, 2.24) is 15.1 Å². The number of piperidine rings is 1. The molecule has 0 unspecified atom stereocenters. The van der Waals surface area contributed by atoms with E-state index in [1.807, 2.05) is 12.4 Å². The van der Waals surface area contributed by atoms with E-state index in [0.29, 0.717) is 0 Å². The second-order valence-electron chi connectivity index (χ2n) is 7.39. The molecule has 1 saturated heterocycles. The van der Waals surface area contributed by atoms with Crippen LogP contribution in [0.15, 0.2) is 30.6 Å². The Morgan fingerprint density at radius 2 is 2.04 bits per heavy atom. The van der Waals surface area contributed by atoms with Crippen LogP contribution in [0.4, 0.5) is 0 Å². The van der Waals surface area contributed by atoms with E-state index in [-0.39, 0.29) is 5.60 Å². The van der Waals surface area contributed by atoms with Gasteiger partial charge in [-0.05, 0) is 36.1 Å². The summed E-state index contributed by atoms with van der Waals surface area (Å²) < 4.78 is 6.44. The molecule has 0 radical (unpaired) electrons. The van der Waals surface area contributed by atoms with Gasteiger partial charge >= 0.3 is 0 Å². The average molecular weight is 309 g/mol. The van der Waals surface area contributed by atoms with Crippen molar-refractivity contribution >= 4 is 0 Å².